The molecule has 1 rings (SSSR count). The molecule has 3 atom stereocenters. The van der Waals surface area contributed by atoms with Crippen molar-refractivity contribution in [3.63, 3.8) is 0 Å². The third kappa shape index (κ3) is 2.50. The Kier molecular flexibility index (Phi) is 4.34. The quantitative estimate of drug-likeness (QED) is 0.570. The summed E-state index contributed by atoms with van der Waals surface area (Å²) in [6.45, 7) is 12.2. The van der Waals surface area contributed by atoms with Crippen molar-refractivity contribution >= 4 is 12.1 Å². The highest BCUT2D eigenvalue weighted by molar-refractivity contribution is 6.27. The van der Waals surface area contributed by atoms with Crippen LogP contribution in [0.1, 0.15) is 41.5 Å². The maximum Gasteiger partial charge on any atom is 0.226 e. The number of aldehydes is 1. The normalized spacial score (nSPS) is 37.0. The molecule has 1 saturated heterocycles. The largest absolute Gasteiger partial charge is 0.369 e. The molecule has 0 aliphatic carbocycles. The van der Waals surface area contributed by atoms with Gasteiger partial charge < -0.3 is 9.47 Å². The van der Waals surface area contributed by atoms with E-state index in [0.29, 0.717) is 12.9 Å². The molecule has 0 aromatic heterocycles. The molecular weight excluding hydrogens is 232 g/mol. The number of hydrogen-bond donors (Lipinski definition) is 0. The Morgan fingerprint density at radius 1 is 1.22 bits per heavy atom. The van der Waals surface area contributed by atoms with Crippen molar-refractivity contribution in [3.05, 3.63) is 0 Å². The van der Waals surface area contributed by atoms with Crippen molar-refractivity contribution in [3.8, 4) is 0 Å². The van der Waals surface area contributed by atoms with Crippen LogP contribution in [-0.4, -0.2) is 36.0 Å². The fraction of sp³-hybridized carbons (Fsp3) is 0.857. The number of ketones is 1. The van der Waals surface area contributed by atoms with Gasteiger partial charge in [0, 0.05) is 0 Å². The molecule has 0 aromatic rings. The predicted molar refractivity (Wildman–Crippen MR) is 68.4 cm³/mol. The monoisotopic (exact) mass is 256 g/mol. The van der Waals surface area contributed by atoms with Gasteiger partial charge in [-0.15, -0.1) is 0 Å². The molecule has 0 aromatic carbocycles. The molecule has 4 heteroatoms. The third-order valence-corrected chi connectivity index (χ3v) is 4.32. The summed E-state index contributed by atoms with van der Waals surface area (Å²) in [6.07, 6.45) is -0.489. The topological polar surface area (TPSA) is 52.6 Å². The van der Waals surface area contributed by atoms with Crippen LogP contribution in [0.15, 0.2) is 0 Å². The van der Waals surface area contributed by atoms with Gasteiger partial charge >= 0.3 is 0 Å². The summed E-state index contributed by atoms with van der Waals surface area (Å²) in [4.78, 5) is 22.6. The Morgan fingerprint density at radius 2 is 1.78 bits per heavy atom. The summed E-state index contributed by atoms with van der Waals surface area (Å²) >= 11 is 0. The van der Waals surface area contributed by atoms with Crippen molar-refractivity contribution in [1.29, 1.82) is 0 Å². The highest BCUT2D eigenvalue weighted by Crippen LogP contribution is 2.39. The minimum absolute atomic E-state index is 0.0862. The summed E-state index contributed by atoms with van der Waals surface area (Å²) < 4.78 is 11.9. The molecule has 1 aliphatic rings. The standard InChI is InChI=1S/C14H24O4/c1-9(2)13(5)8-17-14(6,10(3)4)12(18-13)11(16)7-15/h7,9-10,12H,8H2,1-6H3. The molecule has 0 N–H and O–H groups in total. The summed E-state index contributed by atoms with van der Waals surface area (Å²) in [6, 6.07) is 0. The van der Waals surface area contributed by atoms with E-state index in [4.69, 9.17) is 9.47 Å². The molecular formula is C14H24O4. The van der Waals surface area contributed by atoms with Gasteiger partial charge in [-0.1, -0.05) is 27.7 Å². The van der Waals surface area contributed by atoms with E-state index in [1.54, 1.807) is 0 Å². The lowest BCUT2D eigenvalue weighted by molar-refractivity contribution is -0.278. The minimum Gasteiger partial charge on any atom is -0.369 e. The van der Waals surface area contributed by atoms with Crippen LogP contribution in [0.3, 0.4) is 0 Å². The zero-order valence-corrected chi connectivity index (χ0v) is 12.1. The first-order valence-electron chi connectivity index (χ1n) is 6.48. The van der Waals surface area contributed by atoms with Crippen LogP contribution in [0.2, 0.25) is 0 Å². The highest BCUT2D eigenvalue weighted by atomic mass is 16.6. The van der Waals surface area contributed by atoms with E-state index < -0.39 is 23.1 Å². The molecule has 1 heterocycles. The lowest BCUT2D eigenvalue weighted by Crippen LogP contribution is -2.63. The van der Waals surface area contributed by atoms with Crippen LogP contribution in [-0.2, 0) is 19.1 Å². The number of carbonyl (C=O) groups excluding carboxylic acids is 2. The SMILES string of the molecule is CC(C)C1(C)COC(C)(C(C)C)C(C(=O)C=O)O1. The minimum atomic E-state index is -0.823. The molecule has 4 nitrogen and oxygen atoms in total. The van der Waals surface area contributed by atoms with Gasteiger partial charge in [-0.05, 0) is 25.7 Å². The summed E-state index contributed by atoms with van der Waals surface area (Å²) in [5.74, 6) is -0.253. The van der Waals surface area contributed by atoms with Crippen LogP contribution in [0.5, 0.6) is 0 Å². The fourth-order valence-electron chi connectivity index (χ4n) is 1.97. The maximum atomic E-state index is 11.8. The van der Waals surface area contributed by atoms with Gasteiger partial charge in [0.25, 0.3) is 0 Å². The van der Waals surface area contributed by atoms with Crippen molar-refractivity contribution in [2.45, 2.75) is 58.8 Å². The third-order valence-electron chi connectivity index (χ3n) is 4.32. The molecule has 18 heavy (non-hydrogen) atoms. The maximum absolute atomic E-state index is 11.8. The smallest absolute Gasteiger partial charge is 0.226 e. The van der Waals surface area contributed by atoms with Gasteiger partial charge in [-0.3, -0.25) is 9.59 Å². The molecule has 3 unspecified atom stereocenters. The van der Waals surface area contributed by atoms with Gasteiger partial charge in [0.1, 0.15) is 5.60 Å². The second-order valence-electron chi connectivity index (χ2n) is 6.11. The van der Waals surface area contributed by atoms with Gasteiger partial charge in [0.15, 0.2) is 12.4 Å². The average molecular weight is 256 g/mol. The molecule has 0 bridgehead atoms. The van der Waals surface area contributed by atoms with Crippen LogP contribution < -0.4 is 0 Å². The second kappa shape index (κ2) is 5.10. The first-order chi connectivity index (χ1) is 8.17. The molecule has 0 saturated carbocycles. The van der Waals surface area contributed by atoms with Crippen LogP contribution in [0, 0.1) is 11.8 Å². The van der Waals surface area contributed by atoms with Gasteiger partial charge in [-0.2, -0.15) is 0 Å². The fourth-order valence-corrected chi connectivity index (χ4v) is 1.97. The Labute approximate surface area is 109 Å². The van der Waals surface area contributed by atoms with E-state index >= 15 is 0 Å². The van der Waals surface area contributed by atoms with E-state index in [1.807, 2.05) is 41.5 Å². The lowest BCUT2D eigenvalue weighted by Gasteiger charge is -2.51. The Balaban J connectivity index is 3.08. The van der Waals surface area contributed by atoms with E-state index in [2.05, 4.69) is 0 Å². The van der Waals surface area contributed by atoms with Gasteiger partial charge in [0.2, 0.25) is 5.78 Å². The Hall–Kier alpha value is -0.740. The molecule has 104 valence electrons. The molecule has 0 radical (unpaired) electrons. The van der Waals surface area contributed by atoms with E-state index in [-0.39, 0.29) is 11.8 Å². The molecule has 0 spiro atoms. The van der Waals surface area contributed by atoms with Crippen molar-refractivity contribution in [2.24, 2.45) is 11.8 Å². The van der Waals surface area contributed by atoms with Crippen LogP contribution in [0.25, 0.3) is 0 Å². The van der Waals surface area contributed by atoms with Crippen molar-refractivity contribution in [2.75, 3.05) is 6.61 Å². The van der Waals surface area contributed by atoms with Gasteiger partial charge in [0.05, 0.1) is 12.2 Å². The average Bonchev–Trinajstić information content (AvgIpc) is 2.31. The van der Waals surface area contributed by atoms with E-state index in [0.717, 1.165) is 0 Å². The first kappa shape index (κ1) is 15.3. The predicted octanol–water partition coefficient (Wildman–Crippen LogP) is 2.00. The summed E-state index contributed by atoms with van der Waals surface area (Å²) in [5, 5.41) is 0. The zero-order valence-electron chi connectivity index (χ0n) is 12.1. The van der Waals surface area contributed by atoms with Gasteiger partial charge in [-0.25, -0.2) is 0 Å². The number of carbonyl (C=O) groups is 2. The Bertz CT molecular complexity index is 337. The number of Topliss-reactive ketones (excluding diaryl/α,β-unsaturated/α-hetero) is 1. The second-order valence-corrected chi connectivity index (χ2v) is 6.11. The molecule has 1 aliphatic heterocycles. The van der Waals surface area contributed by atoms with E-state index in [1.165, 1.54) is 0 Å². The van der Waals surface area contributed by atoms with Crippen LogP contribution in [0.4, 0.5) is 0 Å². The summed E-state index contributed by atoms with van der Waals surface area (Å²) in [7, 11) is 0. The number of rotatable bonds is 4. The zero-order chi connectivity index (χ0) is 14.1. The molecule has 1 fully saturated rings. The van der Waals surface area contributed by atoms with Crippen LogP contribution >= 0.6 is 0 Å². The number of ether oxygens (including phenoxy) is 2. The van der Waals surface area contributed by atoms with E-state index in [9.17, 15) is 9.59 Å². The van der Waals surface area contributed by atoms with Crippen molar-refractivity contribution in [1.82, 2.24) is 0 Å². The highest BCUT2D eigenvalue weighted by Gasteiger charge is 2.52. The summed E-state index contributed by atoms with van der Waals surface area (Å²) in [5.41, 5.74) is -1.27. The molecule has 0 amide bonds. The lowest BCUT2D eigenvalue weighted by atomic mass is 9.81. The number of hydrogen-bond acceptors (Lipinski definition) is 4. The Morgan fingerprint density at radius 3 is 2.17 bits per heavy atom. The van der Waals surface area contributed by atoms with Crippen molar-refractivity contribution < 1.29 is 19.1 Å². The first-order valence-corrected chi connectivity index (χ1v) is 6.48.